The molecular formula is C13H17Cl3N2O2. The number of halogens is 3. The van der Waals surface area contributed by atoms with Gasteiger partial charge in [-0.3, -0.25) is 4.79 Å². The van der Waals surface area contributed by atoms with Crippen molar-refractivity contribution in [2.24, 2.45) is 0 Å². The van der Waals surface area contributed by atoms with Gasteiger partial charge in [-0.2, -0.15) is 0 Å². The standard InChI is InChI=1S/C13H16Cl2N2O2.ClH/c1-13(4-2-3-5-16-13)12(19)17-8-6-9(14)11(18)10(15)7-8;/h6-7,16,18H,2-5H2,1H3,(H,17,19);1H. The molecule has 2 rings (SSSR count). The normalized spacial score (nSPS) is 21.9. The van der Waals surface area contributed by atoms with Crippen molar-refractivity contribution in [2.75, 3.05) is 11.9 Å². The summed E-state index contributed by atoms with van der Waals surface area (Å²) in [5.41, 5.74) is -0.0962. The van der Waals surface area contributed by atoms with E-state index in [1.807, 2.05) is 6.92 Å². The minimum Gasteiger partial charge on any atom is -0.505 e. The summed E-state index contributed by atoms with van der Waals surface area (Å²) < 4.78 is 0. The zero-order valence-electron chi connectivity index (χ0n) is 11.0. The predicted molar refractivity (Wildman–Crippen MR) is 84.3 cm³/mol. The van der Waals surface area contributed by atoms with Crippen molar-refractivity contribution in [3.05, 3.63) is 22.2 Å². The molecule has 1 aromatic rings. The van der Waals surface area contributed by atoms with Crippen LogP contribution in [0.3, 0.4) is 0 Å². The number of carbonyl (C=O) groups excluding carboxylic acids is 1. The molecule has 20 heavy (non-hydrogen) atoms. The smallest absolute Gasteiger partial charge is 0.244 e. The van der Waals surface area contributed by atoms with E-state index in [1.165, 1.54) is 12.1 Å². The number of anilines is 1. The lowest BCUT2D eigenvalue weighted by Gasteiger charge is -2.33. The van der Waals surface area contributed by atoms with Crippen molar-refractivity contribution in [3.63, 3.8) is 0 Å². The highest BCUT2D eigenvalue weighted by molar-refractivity contribution is 6.37. The van der Waals surface area contributed by atoms with Gasteiger partial charge in [0.15, 0.2) is 5.75 Å². The lowest BCUT2D eigenvalue weighted by Crippen LogP contribution is -2.54. The molecule has 1 fully saturated rings. The van der Waals surface area contributed by atoms with Crippen LogP contribution in [0.5, 0.6) is 5.75 Å². The number of phenols is 1. The summed E-state index contributed by atoms with van der Waals surface area (Å²) in [5.74, 6) is -0.298. The average Bonchev–Trinajstić information content (AvgIpc) is 2.36. The molecule has 7 heteroatoms. The van der Waals surface area contributed by atoms with Crippen molar-refractivity contribution in [1.82, 2.24) is 5.32 Å². The Morgan fingerprint density at radius 3 is 2.45 bits per heavy atom. The Labute approximate surface area is 134 Å². The number of aromatic hydroxyl groups is 1. The quantitative estimate of drug-likeness (QED) is 0.722. The maximum atomic E-state index is 12.3. The van der Waals surface area contributed by atoms with Crippen molar-refractivity contribution in [1.29, 1.82) is 0 Å². The van der Waals surface area contributed by atoms with Crippen molar-refractivity contribution in [3.8, 4) is 5.75 Å². The van der Waals surface area contributed by atoms with Gasteiger partial charge in [0.25, 0.3) is 0 Å². The fourth-order valence-corrected chi connectivity index (χ4v) is 2.64. The molecule has 0 saturated carbocycles. The van der Waals surface area contributed by atoms with Crippen LogP contribution in [0.25, 0.3) is 0 Å². The molecule has 3 N–H and O–H groups in total. The fourth-order valence-electron chi connectivity index (χ4n) is 2.16. The average molecular weight is 340 g/mol. The predicted octanol–water partition coefficient (Wildman–Crippen LogP) is 3.59. The van der Waals surface area contributed by atoms with Crippen LogP contribution in [-0.4, -0.2) is 23.1 Å². The Kier molecular flexibility index (Phi) is 5.95. The van der Waals surface area contributed by atoms with Gasteiger partial charge >= 0.3 is 0 Å². The monoisotopic (exact) mass is 338 g/mol. The van der Waals surface area contributed by atoms with E-state index in [1.54, 1.807) is 0 Å². The second-order valence-corrected chi connectivity index (χ2v) is 5.77. The number of amides is 1. The Morgan fingerprint density at radius 2 is 1.95 bits per heavy atom. The molecule has 0 radical (unpaired) electrons. The molecule has 1 atom stereocenters. The first-order chi connectivity index (χ1) is 8.92. The largest absolute Gasteiger partial charge is 0.505 e. The number of nitrogens with one attached hydrogen (secondary N) is 2. The maximum Gasteiger partial charge on any atom is 0.244 e. The summed E-state index contributed by atoms with van der Waals surface area (Å²) in [7, 11) is 0. The van der Waals surface area contributed by atoms with Crippen LogP contribution in [0.2, 0.25) is 10.0 Å². The first kappa shape index (κ1) is 17.4. The summed E-state index contributed by atoms with van der Waals surface area (Å²) in [6.07, 6.45) is 2.89. The molecule has 0 aliphatic carbocycles. The molecule has 1 saturated heterocycles. The summed E-state index contributed by atoms with van der Waals surface area (Å²) in [5, 5.41) is 15.7. The number of phenolic OH excluding ortho intramolecular Hbond substituents is 1. The molecule has 1 amide bonds. The molecule has 1 aliphatic rings. The molecular weight excluding hydrogens is 323 g/mol. The topological polar surface area (TPSA) is 61.4 Å². The van der Waals surface area contributed by atoms with Gasteiger partial charge in [-0.05, 0) is 44.9 Å². The zero-order chi connectivity index (χ0) is 14.0. The third-order valence-corrected chi connectivity index (χ3v) is 3.97. The van der Waals surface area contributed by atoms with Gasteiger partial charge in [0.2, 0.25) is 5.91 Å². The van der Waals surface area contributed by atoms with E-state index >= 15 is 0 Å². The van der Waals surface area contributed by atoms with Crippen LogP contribution in [0.15, 0.2) is 12.1 Å². The highest BCUT2D eigenvalue weighted by Gasteiger charge is 2.34. The number of benzene rings is 1. The summed E-state index contributed by atoms with van der Waals surface area (Å²) >= 11 is 11.6. The Bertz CT molecular complexity index is 479. The molecule has 0 bridgehead atoms. The van der Waals surface area contributed by atoms with E-state index in [4.69, 9.17) is 23.2 Å². The van der Waals surface area contributed by atoms with E-state index in [0.29, 0.717) is 5.69 Å². The maximum absolute atomic E-state index is 12.3. The van der Waals surface area contributed by atoms with E-state index in [9.17, 15) is 9.90 Å². The number of carbonyl (C=O) groups is 1. The van der Waals surface area contributed by atoms with Gasteiger partial charge < -0.3 is 15.7 Å². The van der Waals surface area contributed by atoms with E-state index < -0.39 is 5.54 Å². The first-order valence-electron chi connectivity index (χ1n) is 6.17. The van der Waals surface area contributed by atoms with E-state index in [-0.39, 0.29) is 34.1 Å². The summed E-state index contributed by atoms with van der Waals surface area (Å²) in [6.45, 7) is 2.71. The van der Waals surface area contributed by atoms with Crippen LogP contribution in [0.1, 0.15) is 26.2 Å². The second kappa shape index (κ2) is 6.85. The molecule has 112 valence electrons. The van der Waals surface area contributed by atoms with Crippen LogP contribution in [0.4, 0.5) is 5.69 Å². The van der Waals surface area contributed by atoms with Gasteiger partial charge in [-0.15, -0.1) is 12.4 Å². The lowest BCUT2D eigenvalue weighted by atomic mass is 9.90. The summed E-state index contributed by atoms with van der Waals surface area (Å²) in [6, 6.07) is 2.96. The van der Waals surface area contributed by atoms with Gasteiger partial charge in [0.05, 0.1) is 15.6 Å². The fraction of sp³-hybridized carbons (Fsp3) is 0.462. The highest BCUT2D eigenvalue weighted by atomic mass is 35.5. The van der Waals surface area contributed by atoms with E-state index in [0.717, 1.165) is 25.8 Å². The Hall–Kier alpha value is -0.680. The van der Waals surface area contributed by atoms with Gasteiger partial charge in [-0.1, -0.05) is 23.2 Å². The molecule has 0 aromatic heterocycles. The molecule has 4 nitrogen and oxygen atoms in total. The third-order valence-electron chi connectivity index (χ3n) is 3.39. The van der Waals surface area contributed by atoms with Crippen molar-refractivity contribution in [2.45, 2.75) is 31.7 Å². The van der Waals surface area contributed by atoms with Crippen LogP contribution in [-0.2, 0) is 4.79 Å². The van der Waals surface area contributed by atoms with Crippen molar-refractivity contribution < 1.29 is 9.90 Å². The van der Waals surface area contributed by atoms with Crippen molar-refractivity contribution >= 4 is 47.2 Å². The second-order valence-electron chi connectivity index (χ2n) is 4.96. The minimum atomic E-state index is -0.574. The highest BCUT2D eigenvalue weighted by Crippen LogP contribution is 2.35. The Balaban J connectivity index is 0.00000200. The molecule has 1 aliphatic heterocycles. The number of hydrogen-bond acceptors (Lipinski definition) is 3. The number of hydrogen-bond donors (Lipinski definition) is 3. The lowest BCUT2D eigenvalue weighted by molar-refractivity contribution is -0.122. The van der Waals surface area contributed by atoms with Crippen LogP contribution in [0, 0.1) is 0 Å². The van der Waals surface area contributed by atoms with Crippen LogP contribution >= 0.6 is 35.6 Å². The Morgan fingerprint density at radius 1 is 1.35 bits per heavy atom. The van der Waals surface area contributed by atoms with E-state index in [2.05, 4.69) is 10.6 Å². The van der Waals surface area contributed by atoms with Gasteiger partial charge in [0.1, 0.15) is 0 Å². The zero-order valence-corrected chi connectivity index (χ0v) is 13.3. The molecule has 0 spiro atoms. The summed E-state index contributed by atoms with van der Waals surface area (Å²) in [4.78, 5) is 12.3. The number of rotatable bonds is 2. The minimum absolute atomic E-state index is 0. The SMILES string of the molecule is CC1(C(=O)Nc2cc(Cl)c(O)c(Cl)c2)CCCCN1.Cl. The van der Waals surface area contributed by atoms with Crippen LogP contribution < -0.4 is 10.6 Å². The third kappa shape index (κ3) is 3.70. The molecule has 1 aromatic carbocycles. The molecule has 1 unspecified atom stereocenters. The molecule has 1 heterocycles. The van der Waals surface area contributed by atoms with Gasteiger partial charge in [-0.25, -0.2) is 0 Å². The number of piperidine rings is 1. The first-order valence-corrected chi connectivity index (χ1v) is 6.92. The van der Waals surface area contributed by atoms with Gasteiger partial charge in [0, 0.05) is 5.69 Å².